The summed E-state index contributed by atoms with van der Waals surface area (Å²) in [6.45, 7) is 0.909. The molecule has 1 amide bonds. The van der Waals surface area contributed by atoms with Crippen LogP contribution < -0.4 is 16.0 Å². The van der Waals surface area contributed by atoms with Crippen molar-refractivity contribution in [3.05, 3.63) is 24.3 Å². The first-order valence-electron chi connectivity index (χ1n) is 5.56. The number of amides is 1. The lowest BCUT2D eigenvalue weighted by molar-refractivity contribution is -0.119. The van der Waals surface area contributed by atoms with E-state index in [0.29, 0.717) is 0 Å². The fraction of sp³-hybridized carbons (Fsp3) is 0.417. The topological polar surface area (TPSA) is 58.4 Å². The summed E-state index contributed by atoms with van der Waals surface area (Å²) in [5.41, 5.74) is 7.53. The average Bonchev–Trinajstić information content (AvgIpc) is 2.78. The van der Waals surface area contributed by atoms with Gasteiger partial charge in [-0.1, -0.05) is 0 Å². The predicted octanol–water partition coefficient (Wildman–Crippen LogP) is 1.18. The highest BCUT2D eigenvalue weighted by Gasteiger charge is 2.28. The lowest BCUT2D eigenvalue weighted by Gasteiger charge is -2.24. The Morgan fingerprint density at radius 2 is 2.12 bits per heavy atom. The smallest absolute Gasteiger partial charge is 0.240 e. The van der Waals surface area contributed by atoms with Crippen LogP contribution in [-0.2, 0) is 4.79 Å². The lowest BCUT2D eigenvalue weighted by atomic mass is 10.2. The number of nitrogens with one attached hydrogen (secondary N) is 1. The van der Waals surface area contributed by atoms with E-state index in [-0.39, 0.29) is 11.9 Å². The Kier molecular flexibility index (Phi) is 2.99. The van der Waals surface area contributed by atoms with Crippen LogP contribution in [0.15, 0.2) is 24.3 Å². The number of carbonyl (C=O) groups is 1. The summed E-state index contributed by atoms with van der Waals surface area (Å²) in [4.78, 5) is 13.4. The molecule has 1 heterocycles. The molecule has 1 aromatic rings. The minimum absolute atomic E-state index is 0.138. The van der Waals surface area contributed by atoms with Crippen molar-refractivity contribution >= 4 is 17.3 Å². The van der Waals surface area contributed by atoms with Crippen LogP contribution in [0.5, 0.6) is 0 Å². The minimum atomic E-state index is -0.227. The van der Waals surface area contributed by atoms with E-state index in [9.17, 15) is 4.79 Å². The van der Waals surface area contributed by atoms with Gasteiger partial charge >= 0.3 is 0 Å². The normalized spacial score (nSPS) is 19.8. The first-order valence-corrected chi connectivity index (χ1v) is 5.56. The van der Waals surface area contributed by atoms with Crippen molar-refractivity contribution in [2.75, 3.05) is 23.8 Å². The third kappa shape index (κ3) is 1.96. The molecule has 1 atom stereocenters. The largest absolute Gasteiger partial charge is 0.388 e. The Morgan fingerprint density at radius 1 is 1.44 bits per heavy atom. The van der Waals surface area contributed by atoms with E-state index in [0.717, 1.165) is 30.8 Å². The van der Waals surface area contributed by atoms with E-state index in [1.807, 2.05) is 31.3 Å². The average molecular weight is 219 g/mol. The molecule has 86 valence electrons. The van der Waals surface area contributed by atoms with E-state index >= 15 is 0 Å². The van der Waals surface area contributed by atoms with Gasteiger partial charge in [-0.15, -0.1) is 0 Å². The molecule has 1 saturated heterocycles. The maximum atomic E-state index is 11.3. The minimum Gasteiger partial charge on any atom is -0.388 e. The van der Waals surface area contributed by atoms with Crippen molar-refractivity contribution < 1.29 is 4.79 Å². The van der Waals surface area contributed by atoms with E-state index in [2.05, 4.69) is 10.2 Å². The molecule has 2 rings (SSSR count). The van der Waals surface area contributed by atoms with Gasteiger partial charge in [0, 0.05) is 25.0 Å². The maximum absolute atomic E-state index is 11.3. The van der Waals surface area contributed by atoms with E-state index in [1.54, 1.807) is 0 Å². The Bertz CT molecular complexity index is 374. The summed E-state index contributed by atoms with van der Waals surface area (Å²) in [5.74, 6) is -0.227. The lowest BCUT2D eigenvalue weighted by Crippen LogP contribution is -2.40. The third-order valence-corrected chi connectivity index (χ3v) is 3.07. The zero-order valence-electron chi connectivity index (χ0n) is 9.44. The summed E-state index contributed by atoms with van der Waals surface area (Å²) in [6, 6.07) is 7.91. The molecular formula is C12H17N3O. The molecule has 0 radical (unpaired) electrons. The monoisotopic (exact) mass is 219 g/mol. The molecule has 4 heteroatoms. The van der Waals surface area contributed by atoms with E-state index in [4.69, 9.17) is 5.73 Å². The molecule has 1 unspecified atom stereocenters. The molecule has 0 aliphatic carbocycles. The van der Waals surface area contributed by atoms with Crippen molar-refractivity contribution in [2.24, 2.45) is 5.73 Å². The fourth-order valence-electron chi connectivity index (χ4n) is 2.19. The second-order valence-electron chi connectivity index (χ2n) is 4.05. The Morgan fingerprint density at radius 3 is 2.69 bits per heavy atom. The molecule has 0 aromatic heterocycles. The van der Waals surface area contributed by atoms with Crippen molar-refractivity contribution in [2.45, 2.75) is 18.9 Å². The number of rotatable bonds is 3. The van der Waals surface area contributed by atoms with Gasteiger partial charge in [0.1, 0.15) is 6.04 Å². The summed E-state index contributed by atoms with van der Waals surface area (Å²) in [7, 11) is 1.89. The zero-order valence-corrected chi connectivity index (χ0v) is 9.44. The van der Waals surface area contributed by atoms with Crippen molar-refractivity contribution in [3.63, 3.8) is 0 Å². The number of carbonyl (C=O) groups excluding carboxylic acids is 1. The number of primary amides is 1. The van der Waals surface area contributed by atoms with Gasteiger partial charge in [-0.3, -0.25) is 4.79 Å². The SMILES string of the molecule is CNc1ccc(N2CCCC2C(N)=O)cc1. The van der Waals surface area contributed by atoms with Gasteiger partial charge in [0.2, 0.25) is 5.91 Å². The Balaban J connectivity index is 2.19. The van der Waals surface area contributed by atoms with Crippen LogP contribution in [0.4, 0.5) is 11.4 Å². The van der Waals surface area contributed by atoms with Crippen molar-refractivity contribution in [1.82, 2.24) is 0 Å². The van der Waals surface area contributed by atoms with Gasteiger partial charge in [-0.25, -0.2) is 0 Å². The summed E-state index contributed by atoms with van der Waals surface area (Å²) in [5, 5.41) is 3.07. The number of nitrogens with zero attached hydrogens (tertiary/aromatic N) is 1. The van der Waals surface area contributed by atoms with Crippen LogP contribution in [0.3, 0.4) is 0 Å². The summed E-state index contributed by atoms with van der Waals surface area (Å²) in [6.07, 6.45) is 1.89. The van der Waals surface area contributed by atoms with Gasteiger partial charge < -0.3 is 16.0 Å². The Hall–Kier alpha value is -1.71. The number of anilines is 2. The van der Waals surface area contributed by atoms with Gasteiger partial charge in [0.15, 0.2) is 0 Å². The number of hydrogen-bond donors (Lipinski definition) is 2. The number of hydrogen-bond acceptors (Lipinski definition) is 3. The highest BCUT2D eigenvalue weighted by molar-refractivity contribution is 5.84. The van der Waals surface area contributed by atoms with Gasteiger partial charge in [-0.2, -0.15) is 0 Å². The van der Waals surface area contributed by atoms with Crippen LogP contribution in [0.25, 0.3) is 0 Å². The molecule has 1 aliphatic rings. The molecule has 0 saturated carbocycles. The highest BCUT2D eigenvalue weighted by Crippen LogP contribution is 2.26. The second kappa shape index (κ2) is 4.43. The third-order valence-electron chi connectivity index (χ3n) is 3.07. The number of nitrogens with two attached hydrogens (primary N) is 1. The Labute approximate surface area is 95.4 Å². The first kappa shape index (κ1) is 10.8. The molecule has 1 aromatic carbocycles. The molecule has 3 N–H and O–H groups in total. The quantitative estimate of drug-likeness (QED) is 0.802. The molecule has 0 spiro atoms. The van der Waals surface area contributed by atoms with Crippen LogP contribution in [-0.4, -0.2) is 25.5 Å². The molecular weight excluding hydrogens is 202 g/mol. The predicted molar refractivity (Wildman–Crippen MR) is 65.6 cm³/mol. The summed E-state index contributed by atoms with van der Waals surface area (Å²) >= 11 is 0. The van der Waals surface area contributed by atoms with Gasteiger partial charge in [0.25, 0.3) is 0 Å². The fourth-order valence-corrected chi connectivity index (χ4v) is 2.19. The van der Waals surface area contributed by atoms with E-state index < -0.39 is 0 Å². The molecule has 16 heavy (non-hydrogen) atoms. The van der Waals surface area contributed by atoms with Gasteiger partial charge in [0.05, 0.1) is 0 Å². The molecule has 1 fully saturated rings. The van der Waals surface area contributed by atoms with Crippen molar-refractivity contribution in [1.29, 1.82) is 0 Å². The number of benzene rings is 1. The van der Waals surface area contributed by atoms with E-state index in [1.165, 1.54) is 0 Å². The molecule has 4 nitrogen and oxygen atoms in total. The highest BCUT2D eigenvalue weighted by atomic mass is 16.1. The van der Waals surface area contributed by atoms with Crippen LogP contribution in [0, 0.1) is 0 Å². The zero-order chi connectivity index (χ0) is 11.5. The van der Waals surface area contributed by atoms with Crippen molar-refractivity contribution in [3.8, 4) is 0 Å². The second-order valence-corrected chi connectivity index (χ2v) is 4.05. The van der Waals surface area contributed by atoms with Crippen LogP contribution >= 0.6 is 0 Å². The first-order chi connectivity index (χ1) is 7.72. The van der Waals surface area contributed by atoms with Crippen LogP contribution in [0.1, 0.15) is 12.8 Å². The maximum Gasteiger partial charge on any atom is 0.240 e. The summed E-state index contributed by atoms with van der Waals surface area (Å²) < 4.78 is 0. The van der Waals surface area contributed by atoms with Crippen LogP contribution in [0.2, 0.25) is 0 Å². The standard InChI is InChI=1S/C12H17N3O/c1-14-9-4-6-10(7-5-9)15-8-2-3-11(15)12(13)16/h4-7,11,14H,2-3,8H2,1H3,(H2,13,16). The van der Waals surface area contributed by atoms with Gasteiger partial charge in [-0.05, 0) is 37.1 Å². The molecule has 0 bridgehead atoms. The molecule has 1 aliphatic heterocycles.